The maximum absolute atomic E-state index is 11.4. The highest BCUT2D eigenvalue weighted by molar-refractivity contribution is 7.09. The van der Waals surface area contributed by atoms with E-state index in [0.717, 1.165) is 10.7 Å². The quantitative estimate of drug-likeness (QED) is 0.813. The minimum absolute atomic E-state index is 0.203. The zero-order chi connectivity index (χ0) is 10.8. The highest BCUT2D eigenvalue weighted by Crippen LogP contribution is 2.12. The molecule has 0 bridgehead atoms. The fourth-order valence-corrected chi connectivity index (χ4v) is 2.03. The fraction of sp³-hybridized carbons (Fsp3) is 0.444. The number of thiazole rings is 1. The second-order valence-corrected chi connectivity index (χ2v) is 4.44. The Bertz CT molecular complexity index is 402. The number of carbonyl (C=O) groups is 2. The van der Waals surface area contributed by atoms with Gasteiger partial charge in [-0.15, -0.1) is 11.3 Å². The van der Waals surface area contributed by atoms with E-state index < -0.39 is 0 Å². The highest BCUT2D eigenvalue weighted by Gasteiger charge is 2.23. The average Bonchev–Trinajstić information content (AvgIpc) is 2.56. The maximum atomic E-state index is 11.4. The molecule has 1 aliphatic rings. The molecule has 0 aromatic carbocycles. The Labute approximate surface area is 91.1 Å². The molecule has 1 N–H and O–H groups in total. The number of nitrogens with zero attached hydrogens (tertiary/aromatic N) is 2. The summed E-state index contributed by atoms with van der Waals surface area (Å²) >= 11 is 1.56. The van der Waals surface area contributed by atoms with Crippen LogP contribution in [0.1, 0.15) is 17.1 Å². The van der Waals surface area contributed by atoms with Gasteiger partial charge in [0.1, 0.15) is 0 Å². The number of rotatable bonds is 2. The molecule has 6 heteroatoms. The number of amides is 3. The summed E-state index contributed by atoms with van der Waals surface area (Å²) in [5.74, 6) is -0.203. The second-order valence-electron chi connectivity index (χ2n) is 3.38. The Morgan fingerprint density at radius 1 is 1.60 bits per heavy atom. The zero-order valence-corrected chi connectivity index (χ0v) is 9.13. The van der Waals surface area contributed by atoms with Gasteiger partial charge in [-0.2, -0.15) is 0 Å². The number of carbonyl (C=O) groups excluding carboxylic acids is 2. The monoisotopic (exact) mass is 225 g/mol. The number of nitrogens with one attached hydrogen (secondary N) is 1. The molecular weight excluding hydrogens is 214 g/mol. The van der Waals surface area contributed by atoms with E-state index in [-0.39, 0.29) is 11.9 Å². The number of hydrogen-bond donors (Lipinski definition) is 1. The van der Waals surface area contributed by atoms with Crippen LogP contribution in [0, 0.1) is 6.92 Å². The van der Waals surface area contributed by atoms with Gasteiger partial charge in [-0.3, -0.25) is 10.1 Å². The number of imide groups is 1. The Kier molecular flexibility index (Phi) is 2.68. The molecule has 80 valence electrons. The molecule has 2 rings (SSSR count). The van der Waals surface area contributed by atoms with E-state index in [1.165, 1.54) is 0 Å². The molecule has 0 spiro atoms. The number of aromatic nitrogens is 1. The highest BCUT2D eigenvalue weighted by atomic mass is 32.1. The smallest absolute Gasteiger partial charge is 0.318 e. The van der Waals surface area contributed by atoms with Crippen LogP contribution in [0.15, 0.2) is 5.38 Å². The van der Waals surface area contributed by atoms with Gasteiger partial charge in [0, 0.05) is 18.3 Å². The van der Waals surface area contributed by atoms with Crippen molar-refractivity contribution in [3.8, 4) is 0 Å². The summed E-state index contributed by atoms with van der Waals surface area (Å²) in [5, 5.41) is 5.19. The van der Waals surface area contributed by atoms with Crippen LogP contribution in [0.4, 0.5) is 4.79 Å². The molecule has 2 heterocycles. The van der Waals surface area contributed by atoms with Crippen molar-refractivity contribution in [3.63, 3.8) is 0 Å². The number of aryl methyl sites for hydroxylation is 1. The lowest BCUT2D eigenvalue weighted by atomic mass is 10.3. The zero-order valence-electron chi connectivity index (χ0n) is 8.32. The molecule has 3 amide bonds. The predicted octanol–water partition coefficient (Wildman–Crippen LogP) is 0.893. The van der Waals surface area contributed by atoms with E-state index >= 15 is 0 Å². The third-order valence-electron chi connectivity index (χ3n) is 2.16. The molecule has 15 heavy (non-hydrogen) atoms. The summed E-state index contributed by atoms with van der Waals surface area (Å²) in [5.41, 5.74) is 0.877. The third kappa shape index (κ3) is 2.33. The second kappa shape index (κ2) is 3.98. The van der Waals surface area contributed by atoms with Gasteiger partial charge in [0.15, 0.2) is 0 Å². The van der Waals surface area contributed by atoms with Gasteiger partial charge in [0.2, 0.25) is 5.91 Å². The van der Waals surface area contributed by atoms with Crippen molar-refractivity contribution < 1.29 is 9.59 Å². The minimum atomic E-state index is -0.322. The first-order chi connectivity index (χ1) is 7.15. The predicted molar refractivity (Wildman–Crippen MR) is 55.4 cm³/mol. The van der Waals surface area contributed by atoms with E-state index in [1.54, 1.807) is 16.2 Å². The van der Waals surface area contributed by atoms with Crippen LogP contribution in [0.5, 0.6) is 0 Å². The van der Waals surface area contributed by atoms with Crippen molar-refractivity contribution in [3.05, 3.63) is 16.1 Å². The Morgan fingerprint density at radius 2 is 2.40 bits per heavy atom. The third-order valence-corrected chi connectivity index (χ3v) is 2.98. The molecule has 0 unspecified atom stereocenters. The minimum Gasteiger partial charge on any atom is -0.318 e. The van der Waals surface area contributed by atoms with Gasteiger partial charge in [-0.1, -0.05) is 0 Å². The molecule has 0 radical (unpaired) electrons. The lowest BCUT2D eigenvalue weighted by molar-refractivity contribution is -0.121. The number of hydrogen-bond acceptors (Lipinski definition) is 4. The summed E-state index contributed by atoms with van der Waals surface area (Å²) in [7, 11) is 0. The van der Waals surface area contributed by atoms with Gasteiger partial charge >= 0.3 is 6.03 Å². The standard InChI is InChI=1S/C9H11N3O2S/c1-6-10-7(5-15-6)4-12-3-2-8(13)11-9(12)14/h5H,2-4H2,1H3,(H,11,13,14). The fourth-order valence-electron chi connectivity index (χ4n) is 1.43. The molecule has 1 aromatic heterocycles. The average molecular weight is 225 g/mol. The van der Waals surface area contributed by atoms with Crippen LogP contribution in [-0.4, -0.2) is 28.4 Å². The van der Waals surface area contributed by atoms with Crippen LogP contribution in [0.3, 0.4) is 0 Å². The molecule has 0 atom stereocenters. The van der Waals surface area contributed by atoms with E-state index in [2.05, 4.69) is 10.3 Å². The van der Waals surface area contributed by atoms with E-state index in [4.69, 9.17) is 0 Å². The number of urea groups is 1. The first kappa shape index (κ1) is 10.1. The van der Waals surface area contributed by atoms with Crippen LogP contribution in [-0.2, 0) is 11.3 Å². The van der Waals surface area contributed by atoms with Gasteiger partial charge in [0.25, 0.3) is 0 Å². The Morgan fingerprint density at radius 3 is 3.00 bits per heavy atom. The summed E-state index contributed by atoms with van der Waals surface area (Å²) in [6.45, 7) is 2.87. The first-order valence-electron chi connectivity index (χ1n) is 4.65. The van der Waals surface area contributed by atoms with Crippen molar-refractivity contribution in [2.24, 2.45) is 0 Å². The van der Waals surface area contributed by atoms with Gasteiger partial charge in [-0.25, -0.2) is 9.78 Å². The molecule has 1 aromatic rings. The van der Waals surface area contributed by atoms with Crippen molar-refractivity contribution in [2.75, 3.05) is 6.54 Å². The molecule has 0 aliphatic carbocycles. The van der Waals surface area contributed by atoms with Gasteiger partial charge in [0.05, 0.1) is 17.2 Å². The summed E-state index contributed by atoms with van der Waals surface area (Å²) in [6, 6.07) is -0.322. The molecule has 5 nitrogen and oxygen atoms in total. The molecule has 1 saturated heterocycles. The normalized spacial score (nSPS) is 16.7. The van der Waals surface area contributed by atoms with E-state index in [9.17, 15) is 9.59 Å². The lowest BCUT2D eigenvalue weighted by Gasteiger charge is -2.25. The van der Waals surface area contributed by atoms with Crippen LogP contribution in [0.2, 0.25) is 0 Å². The topological polar surface area (TPSA) is 62.3 Å². The first-order valence-corrected chi connectivity index (χ1v) is 5.53. The Hall–Kier alpha value is -1.43. The summed E-state index contributed by atoms with van der Waals surface area (Å²) in [6.07, 6.45) is 0.370. The summed E-state index contributed by atoms with van der Waals surface area (Å²) < 4.78 is 0. The van der Waals surface area contributed by atoms with Gasteiger partial charge in [-0.05, 0) is 6.92 Å². The van der Waals surface area contributed by atoms with E-state index in [1.807, 2.05) is 12.3 Å². The maximum Gasteiger partial charge on any atom is 0.324 e. The van der Waals surface area contributed by atoms with Crippen molar-refractivity contribution in [2.45, 2.75) is 19.9 Å². The summed E-state index contributed by atoms with van der Waals surface area (Å²) in [4.78, 5) is 28.2. The van der Waals surface area contributed by atoms with Crippen LogP contribution >= 0.6 is 11.3 Å². The molecular formula is C9H11N3O2S. The Balaban J connectivity index is 2.00. The largest absolute Gasteiger partial charge is 0.324 e. The van der Waals surface area contributed by atoms with Crippen molar-refractivity contribution in [1.82, 2.24) is 15.2 Å². The SMILES string of the molecule is Cc1nc(CN2CCC(=O)NC2=O)cs1. The van der Waals surface area contributed by atoms with Crippen LogP contribution < -0.4 is 5.32 Å². The van der Waals surface area contributed by atoms with Crippen molar-refractivity contribution in [1.29, 1.82) is 0 Å². The van der Waals surface area contributed by atoms with Crippen LogP contribution in [0.25, 0.3) is 0 Å². The van der Waals surface area contributed by atoms with Crippen molar-refractivity contribution >= 4 is 23.3 Å². The molecule has 0 saturated carbocycles. The lowest BCUT2D eigenvalue weighted by Crippen LogP contribution is -2.48. The van der Waals surface area contributed by atoms with E-state index in [0.29, 0.717) is 19.5 Å². The molecule has 1 aliphatic heterocycles. The van der Waals surface area contributed by atoms with Gasteiger partial charge < -0.3 is 4.90 Å². The molecule has 1 fully saturated rings.